The molecular formula is C18H18ClN5O. The van der Waals surface area contributed by atoms with Crippen LogP contribution in [0.3, 0.4) is 0 Å². The number of carbonyl (C=O) groups is 1. The lowest BCUT2D eigenvalue weighted by Crippen LogP contribution is -2.31. The van der Waals surface area contributed by atoms with E-state index in [0.717, 1.165) is 25.9 Å². The highest BCUT2D eigenvalue weighted by atomic mass is 35.5. The van der Waals surface area contributed by atoms with Gasteiger partial charge in [0.05, 0.1) is 10.7 Å². The molecule has 1 aromatic carbocycles. The van der Waals surface area contributed by atoms with Crippen molar-refractivity contribution in [1.29, 1.82) is 0 Å². The second-order valence-corrected chi connectivity index (χ2v) is 6.63. The van der Waals surface area contributed by atoms with E-state index in [-0.39, 0.29) is 5.91 Å². The number of likely N-dealkylation sites (tertiary alicyclic amines) is 1. The van der Waals surface area contributed by atoms with Gasteiger partial charge in [0.25, 0.3) is 5.91 Å². The van der Waals surface area contributed by atoms with Crippen molar-refractivity contribution in [3.8, 4) is 5.69 Å². The number of fused-ring (bicyclic) bond motifs is 1. The van der Waals surface area contributed by atoms with Crippen LogP contribution in [0.25, 0.3) is 16.9 Å². The molecule has 0 N–H and O–H groups in total. The van der Waals surface area contributed by atoms with Crippen LogP contribution in [0.15, 0.2) is 36.5 Å². The van der Waals surface area contributed by atoms with Crippen LogP contribution in [0.5, 0.6) is 0 Å². The highest BCUT2D eigenvalue weighted by molar-refractivity contribution is 6.32. The molecular weight excluding hydrogens is 338 g/mol. The van der Waals surface area contributed by atoms with Crippen molar-refractivity contribution in [3.63, 3.8) is 0 Å². The Bertz CT molecular complexity index is 915. The molecule has 0 bridgehead atoms. The first-order chi connectivity index (χ1) is 12.2. The molecule has 0 spiro atoms. The summed E-state index contributed by atoms with van der Waals surface area (Å²) < 4.78 is 1.58. The van der Waals surface area contributed by atoms with Gasteiger partial charge in [-0.25, -0.2) is 4.98 Å². The molecule has 1 amide bonds. The largest absolute Gasteiger partial charge is 0.339 e. The van der Waals surface area contributed by atoms with Crippen molar-refractivity contribution in [2.75, 3.05) is 13.1 Å². The van der Waals surface area contributed by atoms with Gasteiger partial charge < -0.3 is 4.90 Å². The summed E-state index contributed by atoms with van der Waals surface area (Å²) in [6, 6.07) is 8.93. The monoisotopic (exact) mass is 355 g/mol. The van der Waals surface area contributed by atoms with Crippen LogP contribution in [0.4, 0.5) is 0 Å². The van der Waals surface area contributed by atoms with Gasteiger partial charge >= 0.3 is 0 Å². The van der Waals surface area contributed by atoms with Crippen LogP contribution in [-0.2, 0) is 0 Å². The topological polar surface area (TPSA) is 63.9 Å². The molecule has 1 saturated heterocycles. The maximum atomic E-state index is 12.9. The van der Waals surface area contributed by atoms with Crippen molar-refractivity contribution in [2.45, 2.75) is 25.7 Å². The Balaban J connectivity index is 1.72. The fourth-order valence-electron chi connectivity index (χ4n) is 3.19. The third kappa shape index (κ3) is 3.09. The predicted molar refractivity (Wildman–Crippen MR) is 96.0 cm³/mol. The molecule has 128 valence electrons. The van der Waals surface area contributed by atoms with Crippen LogP contribution >= 0.6 is 11.6 Å². The van der Waals surface area contributed by atoms with E-state index in [0.29, 0.717) is 27.4 Å². The number of aromatic nitrogens is 4. The molecule has 3 aromatic rings. The molecule has 0 atom stereocenters. The molecule has 25 heavy (non-hydrogen) atoms. The summed E-state index contributed by atoms with van der Waals surface area (Å²) in [6.07, 6.45) is 6.18. The molecule has 1 aliphatic rings. The molecule has 6 nitrogen and oxygen atoms in total. The molecule has 1 fully saturated rings. The van der Waals surface area contributed by atoms with Crippen molar-refractivity contribution in [2.24, 2.45) is 0 Å². The van der Waals surface area contributed by atoms with Gasteiger partial charge in [-0.3, -0.25) is 4.79 Å². The number of nitrogens with zero attached hydrogens (tertiary/aromatic N) is 5. The van der Waals surface area contributed by atoms with Crippen LogP contribution < -0.4 is 0 Å². The van der Waals surface area contributed by atoms with Crippen molar-refractivity contribution >= 4 is 28.7 Å². The zero-order valence-electron chi connectivity index (χ0n) is 13.7. The number of rotatable bonds is 2. The van der Waals surface area contributed by atoms with Gasteiger partial charge in [-0.2, -0.15) is 4.68 Å². The van der Waals surface area contributed by atoms with E-state index in [1.807, 2.05) is 17.0 Å². The van der Waals surface area contributed by atoms with E-state index < -0.39 is 0 Å². The van der Waals surface area contributed by atoms with Gasteiger partial charge in [0.1, 0.15) is 5.52 Å². The SMILES string of the molecule is O=C(c1ccc(Cl)c(-n2nnc3cccnc32)c1)N1CCCCCC1. The maximum Gasteiger partial charge on any atom is 0.253 e. The van der Waals surface area contributed by atoms with Gasteiger partial charge in [-0.05, 0) is 43.2 Å². The lowest BCUT2D eigenvalue weighted by Gasteiger charge is -2.20. The van der Waals surface area contributed by atoms with E-state index in [9.17, 15) is 4.79 Å². The summed E-state index contributed by atoms with van der Waals surface area (Å²) >= 11 is 6.36. The molecule has 2 aromatic heterocycles. The Labute approximate surface area is 150 Å². The summed E-state index contributed by atoms with van der Waals surface area (Å²) in [7, 11) is 0. The highest BCUT2D eigenvalue weighted by Crippen LogP contribution is 2.25. The van der Waals surface area contributed by atoms with Crippen LogP contribution in [0.1, 0.15) is 36.0 Å². The predicted octanol–water partition coefficient (Wildman–Crippen LogP) is 3.49. The lowest BCUT2D eigenvalue weighted by molar-refractivity contribution is 0.0761. The smallest absolute Gasteiger partial charge is 0.253 e. The molecule has 1 aliphatic heterocycles. The number of hydrogen-bond acceptors (Lipinski definition) is 4. The van der Waals surface area contributed by atoms with Crippen LogP contribution in [0.2, 0.25) is 5.02 Å². The average molecular weight is 356 g/mol. The fourth-order valence-corrected chi connectivity index (χ4v) is 3.39. The lowest BCUT2D eigenvalue weighted by atomic mass is 10.1. The van der Waals surface area contributed by atoms with Gasteiger partial charge in [0.2, 0.25) is 0 Å². The molecule has 3 heterocycles. The molecule has 0 unspecified atom stereocenters. The van der Waals surface area contributed by atoms with E-state index in [1.165, 1.54) is 12.8 Å². The van der Waals surface area contributed by atoms with Gasteiger partial charge in [0, 0.05) is 24.8 Å². The third-order valence-electron chi connectivity index (χ3n) is 4.52. The summed E-state index contributed by atoms with van der Waals surface area (Å²) in [4.78, 5) is 19.1. The zero-order chi connectivity index (χ0) is 17.2. The van der Waals surface area contributed by atoms with Gasteiger partial charge in [-0.15, -0.1) is 5.10 Å². The number of hydrogen-bond donors (Lipinski definition) is 0. The molecule has 4 rings (SSSR count). The van der Waals surface area contributed by atoms with Crippen LogP contribution in [0, 0.1) is 0 Å². The number of carbonyl (C=O) groups excluding carboxylic acids is 1. The maximum absolute atomic E-state index is 12.9. The van der Waals surface area contributed by atoms with E-state index >= 15 is 0 Å². The Hall–Kier alpha value is -2.47. The average Bonchev–Trinajstić information content (AvgIpc) is 2.87. The summed E-state index contributed by atoms with van der Waals surface area (Å²) in [5.41, 5.74) is 2.52. The van der Waals surface area contributed by atoms with E-state index in [1.54, 1.807) is 29.1 Å². The molecule has 7 heteroatoms. The summed E-state index contributed by atoms with van der Waals surface area (Å²) in [5.74, 6) is 0.0391. The van der Waals surface area contributed by atoms with Crippen LogP contribution in [-0.4, -0.2) is 43.9 Å². The standard InChI is InChI=1S/C18H18ClN5O/c19-14-8-7-13(18(25)23-10-3-1-2-4-11-23)12-16(14)24-17-15(21-22-24)6-5-9-20-17/h5-9,12H,1-4,10-11H2. The number of pyridine rings is 1. The van der Waals surface area contributed by atoms with Gasteiger partial charge in [0.15, 0.2) is 5.65 Å². The second-order valence-electron chi connectivity index (χ2n) is 6.22. The Morgan fingerprint density at radius 2 is 1.88 bits per heavy atom. The minimum Gasteiger partial charge on any atom is -0.339 e. The molecule has 0 radical (unpaired) electrons. The number of amides is 1. The fraction of sp³-hybridized carbons (Fsp3) is 0.333. The highest BCUT2D eigenvalue weighted by Gasteiger charge is 2.19. The first-order valence-electron chi connectivity index (χ1n) is 8.50. The first-order valence-corrected chi connectivity index (χ1v) is 8.87. The molecule has 0 saturated carbocycles. The zero-order valence-corrected chi connectivity index (χ0v) is 14.5. The molecule has 0 aliphatic carbocycles. The number of benzene rings is 1. The van der Waals surface area contributed by atoms with Crippen molar-refractivity contribution in [3.05, 3.63) is 47.1 Å². The number of halogens is 1. The Kier molecular flexibility index (Phi) is 4.36. The third-order valence-corrected chi connectivity index (χ3v) is 4.84. The normalized spacial score (nSPS) is 15.3. The minimum absolute atomic E-state index is 0.0391. The Morgan fingerprint density at radius 3 is 2.68 bits per heavy atom. The van der Waals surface area contributed by atoms with Crippen molar-refractivity contribution in [1.82, 2.24) is 24.9 Å². The van der Waals surface area contributed by atoms with E-state index in [2.05, 4.69) is 15.3 Å². The minimum atomic E-state index is 0.0391. The second kappa shape index (κ2) is 6.80. The van der Waals surface area contributed by atoms with E-state index in [4.69, 9.17) is 11.6 Å². The quantitative estimate of drug-likeness (QED) is 0.706. The Morgan fingerprint density at radius 1 is 1.08 bits per heavy atom. The summed E-state index contributed by atoms with van der Waals surface area (Å²) in [6.45, 7) is 1.62. The summed E-state index contributed by atoms with van der Waals surface area (Å²) in [5, 5.41) is 8.76. The van der Waals surface area contributed by atoms with Crippen molar-refractivity contribution < 1.29 is 4.79 Å². The first kappa shape index (κ1) is 16.0. The van der Waals surface area contributed by atoms with Gasteiger partial charge in [-0.1, -0.05) is 29.7 Å².